The fourth-order valence-corrected chi connectivity index (χ4v) is 0.943. The predicted octanol–water partition coefficient (Wildman–Crippen LogP) is 3.16. The van der Waals surface area contributed by atoms with Gasteiger partial charge in [0.1, 0.15) is 0 Å². The molecule has 0 radical (unpaired) electrons. The molecule has 0 saturated heterocycles. The van der Waals surface area contributed by atoms with E-state index in [4.69, 9.17) is 5.53 Å². The van der Waals surface area contributed by atoms with Crippen molar-refractivity contribution in [3.05, 3.63) is 45.6 Å². The first-order valence-corrected chi connectivity index (χ1v) is 4.29. The molecular weight excluding hydrogens is 219 g/mol. The van der Waals surface area contributed by atoms with Crippen LogP contribution in [0.25, 0.3) is 10.4 Å². The molecule has 0 spiro atoms. The number of hydrogen-bond donors (Lipinski definition) is 0. The first kappa shape index (κ1) is 12.0. The summed E-state index contributed by atoms with van der Waals surface area (Å²) in [5.41, 5.74) is 7.99. The zero-order chi connectivity index (χ0) is 12.0. The number of halogens is 3. The van der Waals surface area contributed by atoms with Crippen LogP contribution in [-0.4, -0.2) is 6.54 Å². The van der Waals surface area contributed by atoms with Gasteiger partial charge in [-0.3, -0.25) is 0 Å². The fourth-order valence-electron chi connectivity index (χ4n) is 0.943. The quantitative estimate of drug-likeness (QED) is 0.185. The summed E-state index contributed by atoms with van der Waals surface area (Å²) in [4.78, 5) is 2.51. The van der Waals surface area contributed by atoms with Crippen LogP contribution >= 0.6 is 0 Å². The van der Waals surface area contributed by atoms with Gasteiger partial charge in [0.2, 0.25) is 0 Å². The molecule has 0 N–H and O–H groups in total. The molecule has 0 aromatic heterocycles. The van der Waals surface area contributed by atoms with Gasteiger partial charge in [0, 0.05) is 23.4 Å². The van der Waals surface area contributed by atoms with Crippen LogP contribution in [0, 0.1) is 29.3 Å². The molecule has 0 heterocycles. The molecule has 1 aromatic rings. The normalized spacial score (nSPS) is 8.94. The van der Waals surface area contributed by atoms with Gasteiger partial charge in [0.15, 0.2) is 17.5 Å². The molecule has 0 unspecified atom stereocenters. The highest BCUT2D eigenvalue weighted by Gasteiger charge is 2.08. The van der Waals surface area contributed by atoms with E-state index in [0.717, 1.165) is 12.1 Å². The van der Waals surface area contributed by atoms with Gasteiger partial charge >= 0.3 is 0 Å². The first-order chi connectivity index (χ1) is 7.65. The molecule has 0 amide bonds. The summed E-state index contributed by atoms with van der Waals surface area (Å²) in [7, 11) is 0. The van der Waals surface area contributed by atoms with E-state index in [-0.39, 0.29) is 18.5 Å². The monoisotopic (exact) mass is 225 g/mol. The van der Waals surface area contributed by atoms with Crippen LogP contribution < -0.4 is 0 Å². The first-order valence-electron chi connectivity index (χ1n) is 4.29. The van der Waals surface area contributed by atoms with Crippen molar-refractivity contribution in [2.75, 3.05) is 6.54 Å². The number of hydrogen-bond acceptors (Lipinski definition) is 1. The Morgan fingerprint density at radius 1 is 1.25 bits per heavy atom. The largest absolute Gasteiger partial charge is 0.204 e. The lowest BCUT2D eigenvalue weighted by atomic mass is 10.2. The van der Waals surface area contributed by atoms with Gasteiger partial charge in [-0.05, 0) is 17.7 Å². The third-order valence-corrected chi connectivity index (χ3v) is 1.62. The van der Waals surface area contributed by atoms with Crippen molar-refractivity contribution in [3.63, 3.8) is 0 Å². The number of nitrogens with zero attached hydrogens (tertiary/aromatic N) is 3. The van der Waals surface area contributed by atoms with E-state index >= 15 is 0 Å². The lowest BCUT2D eigenvalue weighted by Gasteiger charge is -1.95. The zero-order valence-corrected chi connectivity index (χ0v) is 8.04. The van der Waals surface area contributed by atoms with Gasteiger partial charge in [-0.2, -0.15) is 0 Å². The van der Waals surface area contributed by atoms with Gasteiger partial charge in [-0.25, -0.2) is 13.2 Å². The van der Waals surface area contributed by atoms with Crippen LogP contribution in [0.5, 0.6) is 0 Å². The predicted molar refractivity (Wildman–Crippen MR) is 51.8 cm³/mol. The molecule has 0 aliphatic carbocycles. The van der Waals surface area contributed by atoms with Crippen LogP contribution in [0.2, 0.25) is 0 Å². The van der Waals surface area contributed by atoms with Gasteiger partial charge in [-0.15, -0.1) is 0 Å². The molecule has 0 fully saturated rings. The second-order valence-electron chi connectivity index (χ2n) is 2.76. The average Bonchev–Trinajstić information content (AvgIpc) is 2.25. The summed E-state index contributed by atoms with van der Waals surface area (Å²) in [5.74, 6) is 0.901. The molecule has 0 bridgehead atoms. The summed E-state index contributed by atoms with van der Waals surface area (Å²) in [6.07, 6.45) is 0.269. The molecule has 0 aliphatic heterocycles. The minimum atomic E-state index is -1.51. The summed E-state index contributed by atoms with van der Waals surface area (Å²) in [5, 5.41) is 3.22. The number of azide groups is 1. The standard InChI is InChI=1S/C10H6F3N3/c11-8-5-7(6-9(12)10(8)13)3-1-2-4-15-16-14/h5-6H,2,4H2. The molecule has 6 heteroatoms. The Morgan fingerprint density at radius 2 is 1.88 bits per heavy atom. The smallest absolute Gasteiger partial charge is 0.194 e. The van der Waals surface area contributed by atoms with Crippen LogP contribution in [-0.2, 0) is 0 Å². The van der Waals surface area contributed by atoms with Crippen molar-refractivity contribution in [3.8, 4) is 11.8 Å². The Bertz CT molecular complexity index is 473. The Morgan fingerprint density at radius 3 is 2.44 bits per heavy atom. The second-order valence-corrected chi connectivity index (χ2v) is 2.76. The summed E-state index contributed by atoms with van der Waals surface area (Å²) < 4.78 is 38.0. The SMILES string of the molecule is [N-]=[N+]=NCCC#Cc1cc(F)c(F)c(F)c1. The third kappa shape index (κ3) is 3.23. The van der Waals surface area contributed by atoms with Crippen molar-refractivity contribution in [2.45, 2.75) is 6.42 Å². The molecule has 1 aromatic carbocycles. The Kier molecular flexibility index (Phi) is 4.25. The van der Waals surface area contributed by atoms with E-state index in [9.17, 15) is 13.2 Å². The molecule has 0 aliphatic rings. The maximum absolute atomic E-state index is 12.7. The number of benzene rings is 1. The van der Waals surface area contributed by atoms with Crippen LogP contribution in [0.4, 0.5) is 13.2 Å². The van der Waals surface area contributed by atoms with Crippen LogP contribution in [0.15, 0.2) is 17.2 Å². The Balaban J connectivity index is 2.78. The third-order valence-electron chi connectivity index (χ3n) is 1.62. The maximum atomic E-state index is 12.7. The van der Waals surface area contributed by atoms with Crippen LogP contribution in [0.3, 0.4) is 0 Å². The lowest BCUT2D eigenvalue weighted by molar-refractivity contribution is 0.446. The molecule has 3 nitrogen and oxygen atoms in total. The fraction of sp³-hybridized carbons (Fsp3) is 0.200. The molecular formula is C10H6F3N3. The molecule has 1 rings (SSSR count). The molecule has 16 heavy (non-hydrogen) atoms. The van der Waals surface area contributed by atoms with E-state index < -0.39 is 17.5 Å². The lowest BCUT2D eigenvalue weighted by Crippen LogP contribution is -1.91. The topological polar surface area (TPSA) is 48.8 Å². The van der Waals surface area contributed by atoms with Gasteiger partial charge in [0.25, 0.3) is 0 Å². The summed E-state index contributed by atoms with van der Waals surface area (Å²) in [6.45, 7) is 0.176. The molecule has 0 saturated carbocycles. The maximum Gasteiger partial charge on any atom is 0.194 e. The minimum Gasteiger partial charge on any atom is -0.204 e. The second kappa shape index (κ2) is 5.69. The summed E-state index contributed by atoms with van der Waals surface area (Å²) >= 11 is 0. The van der Waals surface area contributed by atoms with E-state index in [1.54, 1.807) is 0 Å². The highest BCUT2D eigenvalue weighted by molar-refractivity contribution is 5.35. The van der Waals surface area contributed by atoms with Crippen molar-refractivity contribution in [1.82, 2.24) is 0 Å². The summed E-state index contributed by atoms with van der Waals surface area (Å²) in [6, 6.07) is 1.61. The van der Waals surface area contributed by atoms with E-state index in [2.05, 4.69) is 21.9 Å². The van der Waals surface area contributed by atoms with Crippen molar-refractivity contribution < 1.29 is 13.2 Å². The van der Waals surface area contributed by atoms with E-state index in [1.807, 2.05) is 0 Å². The molecule has 82 valence electrons. The molecule has 0 atom stereocenters. The van der Waals surface area contributed by atoms with E-state index in [0.29, 0.717) is 0 Å². The van der Waals surface area contributed by atoms with Crippen molar-refractivity contribution in [1.29, 1.82) is 0 Å². The van der Waals surface area contributed by atoms with Gasteiger partial charge in [-0.1, -0.05) is 17.0 Å². The van der Waals surface area contributed by atoms with Crippen LogP contribution in [0.1, 0.15) is 12.0 Å². The minimum absolute atomic E-state index is 0.0392. The average molecular weight is 225 g/mol. The van der Waals surface area contributed by atoms with Crippen molar-refractivity contribution in [2.24, 2.45) is 5.11 Å². The van der Waals surface area contributed by atoms with Gasteiger partial charge < -0.3 is 0 Å². The van der Waals surface area contributed by atoms with Crippen molar-refractivity contribution >= 4 is 0 Å². The number of rotatable bonds is 2. The highest BCUT2D eigenvalue weighted by atomic mass is 19.2. The zero-order valence-electron chi connectivity index (χ0n) is 8.04. The van der Waals surface area contributed by atoms with Gasteiger partial charge in [0.05, 0.1) is 0 Å². The Labute approximate surface area is 89.5 Å². The van der Waals surface area contributed by atoms with E-state index in [1.165, 1.54) is 0 Å². The Hall–Kier alpha value is -2.12. The highest BCUT2D eigenvalue weighted by Crippen LogP contribution is 2.12.